The first-order valence-electron chi connectivity index (χ1n) is 4.59. The number of piperidine rings is 1. The van der Waals surface area contributed by atoms with Crippen molar-refractivity contribution in [3.63, 3.8) is 0 Å². The molecule has 0 atom stereocenters. The van der Waals surface area contributed by atoms with E-state index >= 15 is 0 Å². The first-order chi connectivity index (χ1) is 6.36. The van der Waals surface area contributed by atoms with E-state index in [0.29, 0.717) is 0 Å². The highest BCUT2D eigenvalue weighted by atomic mass is 127. The molecule has 0 unspecified atom stereocenters. The Morgan fingerprint density at radius 2 is 1.85 bits per heavy atom. The molecule has 0 radical (unpaired) electrons. The van der Waals surface area contributed by atoms with Gasteiger partial charge in [0, 0.05) is 13.1 Å². The van der Waals surface area contributed by atoms with Crippen LogP contribution in [-0.2, 0) is 0 Å². The van der Waals surface area contributed by atoms with E-state index < -0.39 is 0 Å². The molecule has 0 saturated carbocycles. The smallest absolute Gasteiger partial charge is 0.147 e. The van der Waals surface area contributed by atoms with Crippen LogP contribution in [0.5, 0.6) is 0 Å². The predicted octanol–water partition coefficient (Wildman–Crippen LogP) is 2.07. The van der Waals surface area contributed by atoms with Crippen molar-refractivity contribution in [1.82, 2.24) is 9.97 Å². The van der Waals surface area contributed by atoms with Gasteiger partial charge in [-0.25, -0.2) is 9.97 Å². The first kappa shape index (κ1) is 9.18. The third-order valence-electron chi connectivity index (χ3n) is 2.29. The summed E-state index contributed by atoms with van der Waals surface area (Å²) < 4.78 is 0.957. The van der Waals surface area contributed by atoms with Gasteiger partial charge in [-0.1, -0.05) is 0 Å². The zero-order chi connectivity index (χ0) is 9.10. The molecule has 0 amide bonds. The molecular weight excluding hydrogens is 277 g/mol. The number of hydrogen-bond donors (Lipinski definition) is 0. The standard InChI is InChI=1S/C9H12IN3/c10-8-6-12-9(7-11-8)13-4-2-1-3-5-13/h6-7H,1-5H2. The van der Waals surface area contributed by atoms with Gasteiger partial charge in [0.2, 0.25) is 0 Å². The van der Waals surface area contributed by atoms with Gasteiger partial charge in [0.05, 0.1) is 12.4 Å². The summed E-state index contributed by atoms with van der Waals surface area (Å²) in [6, 6.07) is 0. The monoisotopic (exact) mass is 289 g/mol. The molecule has 1 fully saturated rings. The Bertz CT molecular complexity index is 267. The average Bonchev–Trinajstić information content (AvgIpc) is 2.20. The summed E-state index contributed by atoms with van der Waals surface area (Å²) >= 11 is 2.18. The second-order valence-electron chi connectivity index (χ2n) is 3.25. The molecule has 1 aromatic rings. The van der Waals surface area contributed by atoms with Crippen LogP contribution in [0.25, 0.3) is 0 Å². The van der Waals surface area contributed by atoms with E-state index in [1.54, 1.807) is 0 Å². The number of rotatable bonds is 1. The van der Waals surface area contributed by atoms with Crippen LogP contribution in [0, 0.1) is 3.70 Å². The van der Waals surface area contributed by atoms with E-state index in [4.69, 9.17) is 0 Å². The van der Waals surface area contributed by atoms with Gasteiger partial charge in [0.25, 0.3) is 0 Å². The maximum Gasteiger partial charge on any atom is 0.147 e. The minimum Gasteiger partial charge on any atom is -0.355 e. The minimum atomic E-state index is 0.957. The normalized spacial score (nSPS) is 17.5. The lowest BCUT2D eigenvalue weighted by molar-refractivity contribution is 0.572. The lowest BCUT2D eigenvalue weighted by Gasteiger charge is -2.27. The molecule has 1 aliphatic heterocycles. The molecule has 1 aromatic heterocycles. The molecular formula is C9H12IN3. The Morgan fingerprint density at radius 1 is 1.08 bits per heavy atom. The summed E-state index contributed by atoms with van der Waals surface area (Å²) in [4.78, 5) is 10.9. The van der Waals surface area contributed by atoms with Crippen molar-refractivity contribution in [1.29, 1.82) is 0 Å². The number of nitrogens with zero attached hydrogens (tertiary/aromatic N) is 3. The van der Waals surface area contributed by atoms with Crippen molar-refractivity contribution in [3.05, 3.63) is 16.1 Å². The quantitative estimate of drug-likeness (QED) is 0.741. The maximum absolute atomic E-state index is 4.36. The molecule has 4 heteroatoms. The number of halogens is 1. The molecule has 0 bridgehead atoms. The molecule has 0 aromatic carbocycles. The highest BCUT2D eigenvalue weighted by molar-refractivity contribution is 14.1. The highest BCUT2D eigenvalue weighted by Crippen LogP contribution is 2.16. The van der Waals surface area contributed by atoms with Crippen molar-refractivity contribution in [2.24, 2.45) is 0 Å². The second-order valence-corrected chi connectivity index (χ2v) is 4.35. The Balaban J connectivity index is 2.10. The fourth-order valence-electron chi connectivity index (χ4n) is 1.59. The van der Waals surface area contributed by atoms with Gasteiger partial charge >= 0.3 is 0 Å². The van der Waals surface area contributed by atoms with Crippen LogP contribution >= 0.6 is 22.6 Å². The topological polar surface area (TPSA) is 29.0 Å². The van der Waals surface area contributed by atoms with Crippen LogP contribution in [0.3, 0.4) is 0 Å². The van der Waals surface area contributed by atoms with Crippen LogP contribution in [0.15, 0.2) is 12.4 Å². The Hall–Kier alpha value is -0.390. The Morgan fingerprint density at radius 3 is 2.46 bits per heavy atom. The third kappa shape index (κ3) is 2.30. The maximum atomic E-state index is 4.36. The largest absolute Gasteiger partial charge is 0.355 e. The Kier molecular flexibility index (Phi) is 2.97. The zero-order valence-electron chi connectivity index (χ0n) is 7.41. The number of aromatic nitrogens is 2. The first-order valence-corrected chi connectivity index (χ1v) is 5.66. The lowest BCUT2D eigenvalue weighted by atomic mass is 10.1. The predicted molar refractivity (Wildman–Crippen MR) is 60.8 cm³/mol. The van der Waals surface area contributed by atoms with Gasteiger partial charge in [-0.2, -0.15) is 0 Å². The van der Waals surface area contributed by atoms with E-state index in [9.17, 15) is 0 Å². The van der Waals surface area contributed by atoms with Crippen LogP contribution in [0.1, 0.15) is 19.3 Å². The zero-order valence-corrected chi connectivity index (χ0v) is 9.57. The second kappa shape index (κ2) is 4.21. The number of hydrogen-bond acceptors (Lipinski definition) is 3. The Labute approximate surface area is 91.7 Å². The fourth-order valence-corrected chi connectivity index (χ4v) is 1.87. The van der Waals surface area contributed by atoms with E-state index in [0.717, 1.165) is 22.6 Å². The molecule has 1 aliphatic rings. The molecule has 2 rings (SSSR count). The van der Waals surface area contributed by atoms with Gasteiger partial charge < -0.3 is 4.90 Å². The summed E-state index contributed by atoms with van der Waals surface area (Å²) in [5.41, 5.74) is 0. The van der Waals surface area contributed by atoms with E-state index in [2.05, 4.69) is 37.5 Å². The van der Waals surface area contributed by atoms with Crippen LogP contribution in [-0.4, -0.2) is 23.1 Å². The van der Waals surface area contributed by atoms with Crippen molar-refractivity contribution in [3.8, 4) is 0 Å². The summed E-state index contributed by atoms with van der Waals surface area (Å²) in [6.07, 6.45) is 7.62. The van der Waals surface area contributed by atoms with Crippen LogP contribution in [0.4, 0.5) is 5.82 Å². The third-order valence-corrected chi connectivity index (χ3v) is 2.84. The van der Waals surface area contributed by atoms with Gasteiger partial charge in [0.15, 0.2) is 0 Å². The minimum absolute atomic E-state index is 0.957. The molecule has 13 heavy (non-hydrogen) atoms. The number of anilines is 1. The van der Waals surface area contributed by atoms with Crippen molar-refractivity contribution < 1.29 is 0 Å². The molecule has 70 valence electrons. The van der Waals surface area contributed by atoms with Crippen LogP contribution < -0.4 is 4.90 Å². The van der Waals surface area contributed by atoms with Gasteiger partial charge in [0.1, 0.15) is 9.52 Å². The van der Waals surface area contributed by atoms with E-state index in [1.165, 1.54) is 19.3 Å². The molecule has 1 saturated heterocycles. The van der Waals surface area contributed by atoms with Gasteiger partial charge in [-0.3, -0.25) is 0 Å². The van der Waals surface area contributed by atoms with Crippen molar-refractivity contribution in [2.75, 3.05) is 18.0 Å². The highest BCUT2D eigenvalue weighted by Gasteiger charge is 2.11. The summed E-state index contributed by atoms with van der Waals surface area (Å²) in [6.45, 7) is 2.27. The molecule has 3 nitrogen and oxygen atoms in total. The van der Waals surface area contributed by atoms with Gasteiger partial charge in [-0.05, 0) is 41.9 Å². The van der Waals surface area contributed by atoms with Crippen LogP contribution in [0.2, 0.25) is 0 Å². The van der Waals surface area contributed by atoms with E-state index in [1.807, 2.05) is 12.4 Å². The fraction of sp³-hybridized carbons (Fsp3) is 0.556. The lowest BCUT2D eigenvalue weighted by Crippen LogP contribution is -2.30. The SMILES string of the molecule is Ic1cnc(N2CCCCC2)cn1. The molecule has 0 N–H and O–H groups in total. The van der Waals surface area contributed by atoms with Crippen molar-refractivity contribution >= 4 is 28.4 Å². The molecule has 0 spiro atoms. The summed E-state index contributed by atoms with van der Waals surface area (Å²) in [7, 11) is 0. The van der Waals surface area contributed by atoms with Gasteiger partial charge in [-0.15, -0.1) is 0 Å². The van der Waals surface area contributed by atoms with Crippen molar-refractivity contribution in [2.45, 2.75) is 19.3 Å². The van der Waals surface area contributed by atoms with E-state index in [-0.39, 0.29) is 0 Å². The summed E-state index contributed by atoms with van der Waals surface area (Å²) in [5.74, 6) is 1.03. The average molecular weight is 289 g/mol. The molecule has 0 aliphatic carbocycles. The summed E-state index contributed by atoms with van der Waals surface area (Å²) in [5, 5.41) is 0. The molecule has 2 heterocycles.